The minimum Gasteiger partial charge on any atom is -0.481 e. The second-order valence-electron chi connectivity index (χ2n) is 9.26. The highest BCUT2D eigenvalue weighted by atomic mass is 16.4. The van der Waals surface area contributed by atoms with Crippen molar-refractivity contribution < 1.29 is 9.90 Å². The molecule has 30 heavy (non-hydrogen) atoms. The predicted octanol–water partition coefficient (Wildman–Crippen LogP) is 10.0. The molecule has 0 aliphatic carbocycles. The van der Waals surface area contributed by atoms with Gasteiger partial charge in [-0.15, -0.1) is 0 Å². The Bertz CT molecular complexity index is 362. The number of hydrogen-bond donors (Lipinski definition) is 1. The molecule has 0 atom stereocenters. The summed E-state index contributed by atoms with van der Waals surface area (Å²) in [5.41, 5.74) is 0. The molecule has 0 radical (unpaired) electrons. The zero-order chi connectivity index (χ0) is 22.0. The quantitative estimate of drug-likeness (QED) is 0.117. The molecule has 0 aromatic heterocycles. The van der Waals surface area contributed by atoms with Crippen molar-refractivity contribution in [1.29, 1.82) is 0 Å². The van der Waals surface area contributed by atoms with Gasteiger partial charge >= 0.3 is 5.97 Å². The molecule has 0 saturated heterocycles. The van der Waals surface area contributed by atoms with E-state index in [2.05, 4.69) is 19.1 Å². The van der Waals surface area contributed by atoms with Crippen LogP contribution in [0.15, 0.2) is 12.2 Å². The van der Waals surface area contributed by atoms with Crippen molar-refractivity contribution >= 4 is 5.97 Å². The van der Waals surface area contributed by atoms with Crippen LogP contribution in [-0.2, 0) is 4.79 Å². The van der Waals surface area contributed by atoms with E-state index in [9.17, 15) is 4.79 Å². The van der Waals surface area contributed by atoms with Gasteiger partial charge in [-0.05, 0) is 32.1 Å². The lowest BCUT2D eigenvalue weighted by atomic mass is 10.0. The fraction of sp³-hybridized carbons (Fsp3) is 0.893. The number of hydrogen-bond acceptors (Lipinski definition) is 1. The Labute approximate surface area is 189 Å². The van der Waals surface area contributed by atoms with Crippen molar-refractivity contribution in [2.45, 2.75) is 161 Å². The molecule has 0 unspecified atom stereocenters. The Kier molecular flexibility index (Phi) is 25.6. The lowest BCUT2D eigenvalue weighted by Crippen LogP contribution is -1.93. The Morgan fingerprint density at radius 3 is 1.13 bits per heavy atom. The fourth-order valence-electron chi connectivity index (χ4n) is 4.11. The zero-order valence-electron chi connectivity index (χ0n) is 20.5. The normalized spacial score (nSPS) is 11.5. The van der Waals surface area contributed by atoms with Crippen LogP contribution in [0.3, 0.4) is 0 Å². The van der Waals surface area contributed by atoms with Crippen LogP contribution in [0, 0.1) is 0 Å². The standard InChI is InChI=1S/C28H54O2/c1-2-3-4-5-6-7-8-9-10-11-12-13-14-15-16-17-18-19-20-21-22-23-24-25-26-27-28(29)30/h9-10H,2-8,11-27H2,1H3,(H,29,30). The number of aliphatic carboxylic acids is 1. The van der Waals surface area contributed by atoms with Crippen molar-refractivity contribution in [1.82, 2.24) is 0 Å². The van der Waals surface area contributed by atoms with E-state index in [4.69, 9.17) is 5.11 Å². The van der Waals surface area contributed by atoms with E-state index >= 15 is 0 Å². The van der Waals surface area contributed by atoms with Gasteiger partial charge in [0.25, 0.3) is 0 Å². The topological polar surface area (TPSA) is 37.3 Å². The summed E-state index contributed by atoms with van der Waals surface area (Å²) < 4.78 is 0. The number of rotatable bonds is 25. The number of allylic oxidation sites excluding steroid dienone is 2. The van der Waals surface area contributed by atoms with E-state index in [1.165, 1.54) is 135 Å². The van der Waals surface area contributed by atoms with E-state index in [-0.39, 0.29) is 0 Å². The first-order valence-corrected chi connectivity index (χ1v) is 13.6. The van der Waals surface area contributed by atoms with Crippen molar-refractivity contribution in [3.05, 3.63) is 12.2 Å². The molecule has 0 heterocycles. The summed E-state index contributed by atoms with van der Waals surface area (Å²) in [6.45, 7) is 2.28. The molecule has 0 rings (SSSR count). The SMILES string of the molecule is CCCCCCCCC=CCCCCCCCCCCCCCCCCCC(=O)O. The monoisotopic (exact) mass is 422 g/mol. The summed E-state index contributed by atoms with van der Waals surface area (Å²) >= 11 is 0. The van der Waals surface area contributed by atoms with Crippen molar-refractivity contribution in [2.75, 3.05) is 0 Å². The highest BCUT2D eigenvalue weighted by Crippen LogP contribution is 2.14. The van der Waals surface area contributed by atoms with Gasteiger partial charge in [0.15, 0.2) is 0 Å². The van der Waals surface area contributed by atoms with Gasteiger partial charge in [-0.2, -0.15) is 0 Å². The highest BCUT2D eigenvalue weighted by Gasteiger charge is 1.97. The van der Waals surface area contributed by atoms with Gasteiger partial charge in [0.05, 0.1) is 0 Å². The molecule has 0 aromatic carbocycles. The van der Waals surface area contributed by atoms with Gasteiger partial charge < -0.3 is 5.11 Å². The molecule has 0 aliphatic rings. The van der Waals surface area contributed by atoms with Gasteiger partial charge in [0.2, 0.25) is 0 Å². The number of carboxylic acids is 1. The lowest BCUT2D eigenvalue weighted by Gasteiger charge is -2.03. The molecule has 0 aliphatic heterocycles. The smallest absolute Gasteiger partial charge is 0.303 e. The summed E-state index contributed by atoms with van der Waals surface area (Å²) in [5, 5.41) is 8.59. The Morgan fingerprint density at radius 2 is 0.800 bits per heavy atom. The first-order valence-electron chi connectivity index (χ1n) is 13.6. The molecule has 0 amide bonds. The molecule has 2 nitrogen and oxygen atoms in total. The number of carboxylic acid groups (broad SMARTS) is 1. The molecule has 2 heteroatoms. The van der Waals surface area contributed by atoms with E-state index in [1.807, 2.05) is 0 Å². The Hall–Kier alpha value is -0.790. The maximum Gasteiger partial charge on any atom is 0.303 e. The second kappa shape index (κ2) is 26.2. The van der Waals surface area contributed by atoms with E-state index in [1.54, 1.807) is 0 Å². The third kappa shape index (κ3) is 27.2. The van der Waals surface area contributed by atoms with Crippen LogP contribution in [0.25, 0.3) is 0 Å². The van der Waals surface area contributed by atoms with Crippen molar-refractivity contribution in [3.8, 4) is 0 Å². The summed E-state index contributed by atoms with van der Waals surface area (Å²) in [4.78, 5) is 10.4. The summed E-state index contributed by atoms with van der Waals surface area (Å²) in [5.74, 6) is -0.652. The van der Waals surface area contributed by atoms with Crippen molar-refractivity contribution in [3.63, 3.8) is 0 Å². The van der Waals surface area contributed by atoms with E-state index < -0.39 is 5.97 Å². The first kappa shape index (κ1) is 29.2. The fourth-order valence-corrected chi connectivity index (χ4v) is 4.11. The van der Waals surface area contributed by atoms with Crippen LogP contribution in [0.5, 0.6) is 0 Å². The predicted molar refractivity (Wildman–Crippen MR) is 133 cm³/mol. The molecule has 178 valence electrons. The second-order valence-corrected chi connectivity index (χ2v) is 9.26. The van der Waals surface area contributed by atoms with Gasteiger partial charge in [-0.3, -0.25) is 4.79 Å². The third-order valence-corrected chi connectivity index (χ3v) is 6.15. The summed E-state index contributed by atoms with van der Waals surface area (Å²) in [7, 11) is 0. The zero-order valence-corrected chi connectivity index (χ0v) is 20.5. The number of carbonyl (C=O) groups is 1. The van der Waals surface area contributed by atoms with Crippen LogP contribution in [0.1, 0.15) is 161 Å². The lowest BCUT2D eigenvalue weighted by molar-refractivity contribution is -0.137. The number of unbranched alkanes of at least 4 members (excludes halogenated alkanes) is 21. The average molecular weight is 423 g/mol. The average Bonchev–Trinajstić information content (AvgIpc) is 2.73. The molecular formula is C28H54O2. The van der Waals surface area contributed by atoms with Crippen molar-refractivity contribution in [2.24, 2.45) is 0 Å². The molecule has 0 fully saturated rings. The maximum absolute atomic E-state index is 10.4. The van der Waals surface area contributed by atoms with Gasteiger partial charge in [-0.25, -0.2) is 0 Å². The van der Waals surface area contributed by atoms with Crippen LogP contribution < -0.4 is 0 Å². The van der Waals surface area contributed by atoms with Crippen LogP contribution in [0.2, 0.25) is 0 Å². The van der Waals surface area contributed by atoms with E-state index in [0.717, 1.165) is 12.8 Å². The van der Waals surface area contributed by atoms with Crippen LogP contribution in [-0.4, -0.2) is 11.1 Å². The van der Waals surface area contributed by atoms with Gasteiger partial charge in [0, 0.05) is 6.42 Å². The largest absolute Gasteiger partial charge is 0.481 e. The minimum atomic E-state index is -0.652. The molecule has 0 aromatic rings. The minimum absolute atomic E-state index is 0.344. The molecule has 0 spiro atoms. The molecule has 0 saturated carbocycles. The first-order chi connectivity index (χ1) is 14.8. The molecule has 0 bridgehead atoms. The maximum atomic E-state index is 10.4. The Balaban J connectivity index is 3.06. The Morgan fingerprint density at radius 1 is 0.500 bits per heavy atom. The molecule has 1 N–H and O–H groups in total. The van der Waals surface area contributed by atoms with E-state index in [0.29, 0.717) is 6.42 Å². The van der Waals surface area contributed by atoms with Crippen LogP contribution >= 0.6 is 0 Å². The third-order valence-electron chi connectivity index (χ3n) is 6.15. The summed E-state index contributed by atoms with van der Waals surface area (Å²) in [6, 6.07) is 0. The molecular weight excluding hydrogens is 368 g/mol. The van der Waals surface area contributed by atoms with Crippen LogP contribution in [0.4, 0.5) is 0 Å². The van der Waals surface area contributed by atoms with Gasteiger partial charge in [-0.1, -0.05) is 135 Å². The van der Waals surface area contributed by atoms with Gasteiger partial charge in [0.1, 0.15) is 0 Å². The summed E-state index contributed by atoms with van der Waals surface area (Å²) in [6.07, 6.45) is 36.0. The highest BCUT2D eigenvalue weighted by molar-refractivity contribution is 5.66.